The molecule has 0 aliphatic heterocycles. The fourth-order valence-electron chi connectivity index (χ4n) is 11.6. The van der Waals surface area contributed by atoms with Crippen molar-refractivity contribution in [2.24, 2.45) is 16.6 Å². The zero-order valence-corrected chi connectivity index (χ0v) is 82.6. The maximum Gasteiger partial charge on any atom is 0.424 e. The molecule has 8 amide bonds. The number of benzene rings is 6. The summed E-state index contributed by atoms with van der Waals surface area (Å²) in [7, 11) is 5.09. The van der Waals surface area contributed by atoms with Crippen molar-refractivity contribution in [2.75, 3.05) is 80.0 Å². The molecule has 6 rings (SSSR count). The van der Waals surface area contributed by atoms with Crippen LogP contribution in [0.4, 0.5) is 113 Å². The molecule has 0 aliphatic carbocycles. The number of imide groups is 3. The third kappa shape index (κ3) is 38.8. The molecule has 0 saturated heterocycles. The predicted molar refractivity (Wildman–Crippen MR) is 512 cm³/mol. The van der Waals surface area contributed by atoms with Crippen LogP contribution in [0.2, 0.25) is 0 Å². The fraction of sp³-hybridized carbons (Fsp3) is 0.527. The lowest BCUT2D eigenvalue weighted by atomic mass is 9.92. The van der Waals surface area contributed by atoms with Crippen molar-refractivity contribution in [2.45, 2.75) is 294 Å². The maximum absolute atomic E-state index is 13.2. The average Bonchev–Trinajstić information content (AvgIpc) is 0.781. The summed E-state index contributed by atoms with van der Waals surface area (Å²) in [4.78, 5) is 135. The molecule has 35 nitrogen and oxygen atoms in total. The number of carbonyl (C=O) groups excluding carboxylic acids is 8. The van der Waals surface area contributed by atoms with E-state index >= 15 is 0 Å². The van der Waals surface area contributed by atoms with Gasteiger partial charge >= 0.3 is 36.6 Å². The van der Waals surface area contributed by atoms with Crippen LogP contribution in [0.1, 0.15) is 250 Å². The van der Waals surface area contributed by atoms with Crippen LogP contribution in [0, 0.1) is 88.5 Å². The van der Waals surface area contributed by atoms with Crippen LogP contribution in [-0.2, 0) is 57.3 Å². The molecule has 0 heterocycles. The number of halogens is 1. The van der Waals surface area contributed by atoms with E-state index in [-0.39, 0.29) is 74.4 Å². The summed E-state index contributed by atoms with van der Waals surface area (Å²) >= 11 is 0. The lowest BCUT2D eigenvalue weighted by Crippen LogP contribution is -2.44. The number of nitrogen functional groups attached to an aromatic ring is 4. The van der Waals surface area contributed by atoms with Gasteiger partial charge < -0.3 is 78.4 Å². The van der Waals surface area contributed by atoms with Gasteiger partial charge in [-0.3, -0.25) is 39.9 Å². The molecular weight excluding hydrogens is 1670 g/mol. The highest BCUT2D eigenvalue weighted by molar-refractivity contribution is 6.15. The zero-order chi connectivity index (χ0) is 101. The number of rotatable bonds is 15. The summed E-state index contributed by atoms with van der Waals surface area (Å²) in [6.07, 6.45) is -2.67. The second-order valence-corrected chi connectivity index (χ2v) is 38.0. The second kappa shape index (κ2) is 48.5. The summed E-state index contributed by atoms with van der Waals surface area (Å²) in [6.45, 7) is 58.8. The molecule has 0 unspecified atom stereocenters. The highest BCUT2D eigenvalue weighted by Crippen LogP contribution is 2.41. The molecule has 0 saturated carbocycles. The third-order valence-corrected chi connectivity index (χ3v) is 17.4. The molecule has 0 fully saturated rings. The molecule has 6 aromatic rings. The number of carbonyl (C=O) groups is 8. The lowest BCUT2D eigenvalue weighted by molar-refractivity contribution is -0.384. The summed E-state index contributed by atoms with van der Waals surface area (Å²) in [5.41, 5.74) is 32.2. The topological polar surface area (TPSA) is 509 Å². The molecule has 0 bridgehead atoms. The van der Waals surface area contributed by atoms with Gasteiger partial charge in [-0.1, -0.05) is 80.5 Å². The number of nitro benzene ring substituents is 3. The maximum atomic E-state index is 13.2. The number of hydrogen-bond acceptors (Lipinski definition) is 27. The van der Waals surface area contributed by atoms with Gasteiger partial charge in [0.25, 0.3) is 17.1 Å². The SMILES string of the molecule is CCc1ccc(N)c(N(C(=O)OC(C)(C)C)C(=O)OC(C)(C)C)c1C.CCc1ccc(NC(=O)CC(C)(C)C)c(N(C(=O)OC(C)(C)C)C(=O)OC(C)(C)C)c1C.CCc1ccc([N+](=O)[O-])c(N(C(=O)OC(C)(C)C)C(=O)OC(C)(C)C)c1C.CN.CNc1ccc(NC(=O)CC(C)(C)C)c(N)c1C.CNc1ccc([N+](=O)[O-])c(N)c1C.Cc1c(F)ccc([N+](=O)[O-])c1N. The Bertz CT molecular complexity index is 4850. The van der Waals surface area contributed by atoms with Crippen molar-refractivity contribution >= 4 is 128 Å². The Hall–Kier alpha value is -12.6. The standard InChI is InChI=1S/C25H40N2O5.C19H28N2O6.C19H30N2O4.C14H23N3O.C8H11N3O2.C7H7FN2O2.CH5N/c1-12-17-13-14-18(26-19(28)15-23(3,4)5)20(16(17)2)27(21(29)31-24(6,7)8)22(30)32-25(9,10)11;1-9-13-10-11-14(21(24)25)15(12(13)2)20(16(22)26-18(3,4)5)17(23)27-19(6,7)8;1-9-13-10-11-14(20)15(12(13)2)21(16(22)24-18(3,4)5)17(23)25-19(6,7)8;1-9-10(16-5)6-7-11(13(9)15)17-12(18)8-14(2,3)4;1-5-6(10-2)3-4-7(8(5)9)11(12)13;1-4-5(8)2-3-6(7(4)9)10(11)12;1-2/h13-14H,12,15H2,1-11H3,(H,26,28);10-11H,9H2,1-8H3;10-11H,9,20H2,1-8H3;6-7,16H,8,15H2,1-5H3,(H,17,18);3-4,10H,9H2,1-2H3;2-3H,9H2,1H3;2H2,1H3. The quantitative estimate of drug-likeness (QED) is 0.0199. The van der Waals surface area contributed by atoms with Crippen molar-refractivity contribution in [1.82, 2.24) is 0 Å². The van der Waals surface area contributed by atoms with Gasteiger partial charge in [0.1, 0.15) is 56.5 Å². The average molecular weight is 1810 g/mol. The molecule has 0 aromatic heterocycles. The van der Waals surface area contributed by atoms with Gasteiger partial charge in [-0.25, -0.2) is 33.2 Å². The Morgan fingerprint density at radius 2 is 0.589 bits per heavy atom. The first kappa shape index (κ1) is 116. The number of hydrogen-bond donors (Lipinski definition) is 9. The van der Waals surface area contributed by atoms with Crippen LogP contribution in [-0.4, -0.2) is 118 Å². The molecule has 0 radical (unpaired) electrons. The predicted octanol–water partition coefficient (Wildman–Crippen LogP) is 22.3. The number of aryl methyl sites for hydroxylation is 3. The van der Waals surface area contributed by atoms with Gasteiger partial charge in [-0.15, -0.1) is 0 Å². The van der Waals surface area contributed by atoms with Crippen LogP contribution in [0.3, 0.4) is 0 Å². The minimum Gasteiger partial charge on any atom is -0.443 e. The largest absolute Gasteiger partial charge is 0.443 e. The summed E-state index contributed by atoms with van der Waals surface area (Å²) in [6, 6.07) is 18.9. The number of nitrogens with two attached hydrogens (primary N) is 5. The van der Waals surface area contributed by atoms with Crippen molar-refractivity contribution in [1.29, 1.82) is 0 Å². The molecule has 0 aliphatic rings. The van der Waals surface area contributed by atoms with E-state index in [1.807, 2.05) is 114 Å². The van der Waals surface area contributed by atoms with Crippen molar-refractivity contribution < 1.29 is 85.9 Å². The van der Waals surface area contributed by atoms with E-state index in [0.717, 1.165) is 67.5 Å². The lowest BCUT2D eigenvalue weighted by Gasteiger charge is -2.31. The molecule has 36 heteroatoms. The number of anilines is 11. The first-order valence-electron chi connectivity index (χ1n) is 41.8. The third-order valence-electron chi connectivity index (χ3n) is 17.4. The summed E-state index contributed by atoms with van der Waals surface area (Å²) < 4.78 is 45.2. The first-order chi connectivity index (χ1) is 58.6. The first-order valence-corrected chi connectivity index (χ1v) is 41.8. The van der Waals surface area contributed by atoms with E-state index in [4.69, 9.17) is 51.4 Å². The van der Waals surface area contributed by atoms with Gasteiger partial charge in [0, 0.05) is 67.6 Å². The Morgan fingerprint density at radius 1 is 0.341 bits per heavy atom. The number of nitrogens with zero attached hydrogens (tertiary/aromatic N) is 6. The molecule has 0 spiro atoms. The summed E-state index contributed by atoms with van der Waals surface area (Å²) in [5, 5.41) is 44.0. The van der Waals surface area contributed by atoms with Crippen molar-refractivity contribution in [3.8, 4) is 0 Å². The molecule has 129 heavy (non-hydrogen) atoms. The Labute approximate surface area is 760 Å². The number of ether oxygens (including phenoxy) is 6. The van der Waals surface area contributed by atoms with E-state index in [1.165, 1.54) is 26.1 Å². The minimum atomic E-state index is -1.03. The van der Waals surface area contributed by atoms with E-state index < -0.39 is 90.8 Å². The highest BCUT2D eigenvalue weighted by atomic mass is 19.1. The monoisotopic (exact) mass is 1810 g/mol. The minimum absolute atomic E-state index is 0.00851. The fourth-order valence-corrected chi connectivity index (χ4v) is 11.6. The summed E-state index contributed by atoms with van der Waals surface area (Å²) in [5.74, 6) is -0.750. The van der Waals surface area contributed by atoms with Crippen LogP contribution in [0.5, 0.6) is 0 Å². The van der Waals surface area contributed by atoms with E-state index in [2.05, 4.69) is 27.0 Å². The molecular formula is C93H144FN15O20. The van der Waals surface area contributed by atoms with Crippen molar-refractivity contribution in [3.05, 3.63) is 159 Å². The van der Waals surface area contributed by atoms with Crippen LogP contribution in [0.25, 0.3) is 0 Å². The van der Waals surface area contributed by atoms with Gasteiger partial charge in [-0.05, 0) is 279 Å². The zero-order valence-electron chi connectivity index (χ0n) is 82.6. The smallest absolute Gasteiger partial charge is 0.424 e. The second-order valence-electron chi connectivity index (χ2n) is 38.0. The molecule has 0 atom stereocenters. The highest BCUT2D eigenvalue weighted by Gasteiger charge is 2.41. The number of amides is 8. The Balaban J connectivity index is 0.00000156. The molecule has 718 valence electrons. The van der Waals surface area contributed by atoms with Gasteiger partial charge in [-0.2, -0.15) is 14.7 Å². The van der Waals surface area contributed by atoms with Crippen LogP contribution >= 0.6 is 0 Å². The van der Waals surface area contributed by atoms with E-state index in [1.54, 1.807) is 170 Å². The number of nitro groups is 3. The van der Waals surface area contributed by atoms with E-state index in [9.17, 15) is 73.1 Å². The Morgan fingerprint density at radius 3 is 0.907 bits per heavy atom. The molecule has 6 aromatic carbocycles. The van der Waals surface area contributed by atoms with Crippen LogP contribution in [0.15, 0.2) is 72.8 Å². The normalized spacial score (nSPS) is 11.3. The van der Waals surface area contributed by atoms with Crippen molar-refractivity contribution in [3.63, 3.8) is 0 Å². The Kier molecular flexibility index (Phi) is 43.8. The number of nitrogens with one attached hydrogen (secondary N) is 4. The van der Waals surface area contributed by atoms with Crippen LogP contribution < -0.4 is 64.6 Å². The van der Waals surface area contributed by atoms with Gasteiger partial charge in [0.15, 0.2) is 0 Å². The van der Waals surface area contributed by atoms with Gasteiger partial charge in [0.05, 0.1) is 48.9 Å². The van der Waals surface area contributed by atoms with E-state index in [0.29, 0.717) is 69.3 Å². The molecule has 14 N–H and O–H groups in total. The van der Waals surface area contributed by atoms with Gasteiger partial charge in [0.2, 0.25) is 11.8 Å².